The van der Waals surface area contributed by atoms with Gasteiger partial charge in [0.05, 0.1) is 0 Å². The normalized spacial score (nSPS) is 12.7. The van der Waals surface area contributed by atoms with Crippen LogP contribution in [0.5, 0.6) is 0 Å². The zero-order chi connectivity index (χ0) is 49.5. The van der Waals surface area contributed by atoms with Gasteiger partial charge >= 0.3 is 166 Å². The Balaban J connectivity index is 0.000000512. The van der Waals surface area contributed by atoms with Crippen LogP contribution in [0.2, 0.25) is 10.8 Å². The standard InChI is InChI=1S/C39H58N2.2C13H27.Ni/c1-8-15-16-23-33-28-38(34-24-29(17-9-2)36(21-13-6)30(25-34)18-10-3)41(40)39(33)35-26-31(19-11-4)37(22-14-7)32(27-35)20-12-5;2*1-3-5-7-9-11-13-12-10-8-6-4-2;/h24-28H,8-23H2,1-7H3;2*1,3-13H2,2H3;. The number of hydrogen-bond donors (Lipinski definition) is 0. The molecule has 68 heavy (non-hydrogen) atoms. The molecule has 0 bridgehead atoms. The van der Waals surface area contributed by atoms with Gasteiger partial charge in [0.2, 0.25) is 11.4 Å². The van der Waals surface area contributed by atoms with Gasteiger partial charge in [-0.1, -0.05) is 114 Å². The molecule has 0 fully saturated rings. The summed E-state index contributed by atoms with van der Waals surface area (Å²) in [7, 11) is 0. The van der Waals surface area contributed by atoms with Crippen LogP contribution in [0.3, 0.4) is 0 Å². The van der Waals surface area contributed by atoms with Crippen molar-refractivity contribution < 1.29 is 19.1 Å². The second kappa shape index (κ2) is 41.6. The van der Waals surface area contributed by atoms with Gasteiger partial charge in [0.15, 0.2) is 0 Å². The molecule has 0 saturated carbocycles. The summed E-state index contributed by atoms with van der Waals surface area (Å²) < 4.78 is 1.56. The molecule has 2 aromatic carbocycles. The van der Waals surface area contributed by atoms with Crippen LogP contribution in [0.15, 0.2) is 35.9 Å². The Morgan fingerprint density at radius 1 is 0.338 bits per heavy atom. The van der Waals surface area contributed by atoms with Crippen LogP contribution in [0, 0.1) is 0 Å². The van der Waals surface area contributed by atoms with Crippen molar-refractivity contribution in [3.63, 3.8) is 0 Å². The number of rotatable bonds is 42. The van der Waals surface area contributed by atoms with Gasteiger partial charge < -0.3 is 5.53 Å². The summed E-state index contributed by atoms with van der Waals surface area (Å²) in [5.41, 5.74) is 26.7. The average Bonchev–Trinajstić information content (AvgIpc) is 3.66. The molecule has 0 atom stereocenters. The van der Waals surface area contributed by atoms with Crippen LogP contribution < -0.4 is 0 Å². The number of hydrogen-bond acceptors (Lipinski definition) is 0. The third-order valence-corrected chi connectivity index (χ3v) is 15.7. The molecule has 2 nitrogen and oxygen atoms in total. The van der Waals surface area contributed by atoms with E-state index < -0.39 is 0 Å². The quantitative estimate of drug-likeness (QED) is 0.0360. The average molecular weight is 980 g/mol. The summed E-state index contributed by atoms with van der Waals surface area (Å²) in [4.78, 5) is 0. The zero-order valence-corrected chi connectivity index (χ0v) is 47.9. The van der Waals surface area contributed by atoms with E-state index in [1.54, 1.807) is 15.8 Å². The second-order valence-corrected chi connectivity index (χ2v) is 22.2. The van der Waals surface area contributed by atoms with Gasteiger partial charge in [-0.3, -0.25) is 0 Å². The molecule has 0 unspecified atom stereocenters. The van der Waals surface area contributed by atoms with Crippen LogP contribution in [0.4, 0.5) is 0 Å². The van der Waals surface area contributed by atoms with Gasteiger partial charge in [0.25, 0.3) is 0 Å². The van der Waals surface area contributed by atoms with Crippen molar-refractivity contribution in [2.75, 3.05) is 0 Å². The molecule has 392 valence electrons. The molecule has 3 heteroatoms. The van der Waals surface area contributed by atoms with E-state index in [0.717, 1.165) is 88.4 Å². The minimum Gasteiger partial charge on any atom is -0.0654 e. The van der Waals surface area contributed by atoms with Crippen molar-refractivity contribution in [3.8, 4) is 0 Å². The van der Waals surface area contributed by atoms with Gasteiger partial charge in [-0.2, -0.15) is 0 Å². The molecular weight excluding hydrogens is 867 g/mol. The second-order valence-electron chi connectivity index (χ2n) is 20.8. The number of allylic oxidation sites excluding steroid dienone is 2. The topological polar surface area (TPSA) is 25.3 Å². The van der Waals surface area contributed by atoms with E-state index in [-0.39, 0.29) is 0 Å². The van der Waals surface area contributed by atoms with Crippen molar-refractivity contribution in [3.05, 3.63) is 86.0 Å². The fourth-order valence-electron chi connectivity index (χ4n) is 10.5. The summed E-state index contributed by atoms with van der Waals surface area (Å²) >= 11 is 2.03. The van der Waals surface area contributed by atoms with Gasteiger partial charge in [-0.25, -0.2) is 4.70 Å². The van der Waals surface area contributed by atoms with Crippen LogP contribution in [0.25, 0.3) is 16.9 Å². The molecule has 0 radical (unpaired) electrons. The van der Waals surface area contributed by atoms with Crippen molar-refractivity contribution in [1.29, 1.82) is 0 Å². The van der Waals surface area contributed by atoms with Crippen LogP contribution in [-0.4, -0.2) is 4.70 Å². The molecule has 0 spiro atoms. The zero-order valence-electron chi connectivity index (χ0n) is 46.9. The molecule has 1 heterocycles. The summed E-state index contributed by atoms with van der Waals surface area (Å²) in [5, 5.41) is 2.86. The van der Waals surface area contributed by atoms with E-state index in [4.69, 9.17) is 0 Å². The minimum atomic E-state index is 0.955. The predicted molar refractivity (Wildman–Crippen MR) is 302 cm³/mol. The Hall–Kier alpha value is -1.99. The fourth-order valence-corrected chi connectivity index (χ4v) is 11.8. The first-order chi connectivity index (χ1) is 33.4. The molecule has 0 N–H and O–H groups in total. The first-order valence-electron chi connectivity index (χ1n) is 30.1. The summed E-state index contributed by atoms with van der Waals surface area (Å²) in [6, 6.07) is 9.62. The van der Waals surface area contributed by atoms with Crippen LogP contribution >= 0.6 is 0 Å². The predicted octanol–water partition coefficient (Wildman–Crippen LogP) is 22.3. The molecule has 0 aromatic heterocycles. The molecule has 0 amide bonds. The number of nitrogens with zero attached hydrogens (tertiary/aromatic N) is 2. The van der Waals surface area contributed by atoms with Gasteiger partial charge in [0.1, 0.15) is 0 Å². The first-order valence-corrected chi connectivity index (χ1v) is 31.5. The van der Waals surface area contributed by atoms with E-state index >= 15 is 0 Å². The van der Waals surface area contributed by atoms with Crippen molar-refractivity contribution in [1.82, 2.24) is 0 Å². The maximum absolute atomic E-state index is 12.0. The van der Waals surface area contributed by atoms with E-state index in [2.05, 4.69) is 92.7 Å². The Morgan fingerprint density at radius 3 is 0.985 bits per heavy atom. The summed E-state index contributed by atoms with van der Waals surface area (Å²) in [6.07, 6.45) is 52.7. The number of aryl methyl sites for hydroxylation is 4. The van der Waals surface area contributed by atoms with E-state index in [1.807, 2.05) is 14.4 Å². The SMILES string of the molecule is CCCCCC1=C(c2cc(CCC)c(CCC)c(CCC)c2)[N+](=[N-])C(c2cc(CCC)c(CCC)c(CCC)c2)=C1.CCCCCCCCCCCC[CH2][Ni][CH2]CCCCCCCCCCCC. The molecule has 1 aliphatic rings. The Bertz CT molecular complexity index is 1570. The van der Waals surface area contributed by atoms with Crippen molar-refractivity contribution in [2.24, 2.45) is 0 Å². The fraction of sp³-hybridized carbons (Fsp3) is 0.754. The first kappa shape index (κ1) is 62.1. The Morgan fingerprint density at radius 2 is 0.647 bits per heavy atom. The smallest absolute Gasteiger partial charge is 0.0654 e. The van der Waals surface area contributed by atoms with Crippen LogP contribution in [-0.2, 0) is 53.0 Å². The maximum atomic E-state index is 12.0. The van der Waals surface area contributed by atoms with E-state index in [0.29, 0.717) is 0 Å². The van der Waals surface area contributed by atoms with Crippen LogP contribution in [0.1, 0.15) is 312 Å². The third-order valence-electron chi connectivity index (χ3n) is 14.3. The summed E-state index contributed by atoms with van der Waals surface area (Å²) in [5.74, 6) is 0. The third kappa shape index (κ3) is 24.9. The minimum absolute atomic E-state index is 0.955. The van der Waals surface area contributed by atoms with Crippen molar-refractivity contribution in [2.45, 2.75) is 317 Å². The van der Waals surface area contributed by atoms with Gasteiger partial charge in [-0.15, -0.1) is 0 Å². The molecule has 1 aliphatic heterocycles. The molecule has 2 aromatic rings. The molecule has 0 saturated heterocycles. The van der Waals surface area contributed by atoms with Gasteiger partial charge in [-0.05, 0) is 109 Å². The van der Waals surface area contributed by atoms with Crippen molar-refractivity contribution >= 4 is 11.4 Å². The summed E-state index contributed by atoms with van der Waals surface area (Å²) in [6.45, 7) is 20.6. The van der Waals surface area contributed by atoms with Gasteiger partial charge in [0, 0.05) is 22.8 Å². The van der Waals surface area contributed by atoms with E-state index in [9.17, 15) is 5.53 Å². The molecule has 0 aliphatic carbocycles. The Labute approximate surface area is 431 Å². The molecule has 3 rings (SSSR count). The number of benzene rings is 2. The Kier molecular flexibility index (Phi) is 38.0. The number of unbranched alkanes of at least 4 members (excludes halogenated alkanes) is 22. The van der Waals surface area contributed by atoms with E-state index in [1.165, 1.54) is 217 Å². The molecular formula is C65H112N2Ni. The monoisotopic (exact) mass is 979 g/mol.